The maximum atomic E-state index is 12.6. The lowest BCUT2D eigenvalue weighted by molar-refractivity contribution is -0.167. The zero-order valence-electron chi connectivity index (χ0n) is 34.0. The highest BCUT2D eigenvalue weighted by atomic mass is 16.6. The zero-order chi connectivity index (χ0) is 36.9. The molecule has 0 heterocycles. The van der Waals surface area contributed by atoms with E-state index in [0.29, 0.717) is 19.3 Å². The molecule has 296 valence electrons. The molecule has 0 aliphatic rings. The van der Waals surface area contributed by atoms with E-state index in [1.54, 1.807) is 0 Å². The molecule has 0 saturated carbocycles. The molecule has 0 fully saturated rings. The number of unbranched alkanes of at least 4 members (excludes halogenated alkanes) is 22. The lowest BCUT2D eigenvalue weighted by Gasteiger charge is -2.18. The minimum absolute atomic E-state index is 0.0663. The average molecular weight is 709 g/mol. The van der Waals surface area contributed by atoms with E-state index in [1.165, 1.54) is 116 Å². The SMILES string of the molecule is CCCCCCCC(=O)OC[C@@H](COC(=O)CCCCCCCCCCCCC(C)CC)OC(=O)CCCCCCCCCCCCC(C)C. The Morgan fingerprint density at radius 3 is 1.14 bits per heavy atom. The number of esters is 3. The van der Waals surface area contributed by atoms with Crippen LogP contribution in [0, 0.1) is 11.8 Å². The predicted molar refractivity (Wildman–Crippen MR) is 210 cm³/mol. The second kappa shape index (κ2) is 37.2. The number of rotatable bonds is 38. The fraction of sp³-hybridized carbons (Fsp3) is 0.932. The molecule has 6 heteroatoms. The molecule has 0 spiro atoms. The van der Waals surface area contributed by atoms with E-state index in [-0.39, 0.29) is 31.1 Å². The topological polar surface area (TPSA) is 78.9 Å². The number of hydrogen-bond acceptors (Lipinski definition) is 6. The molecule has 0 bridgehead atoms. The minimum Gasteiger partial charge on any atom is -0.462 e. The summed E-state index contributed by atoms with van der Waals surface area (Å²) in [7, 11) is 0. The fourth-order valence-electron chi connectivity index (χ4n) is 6.37. The summed E-state index contributed by atoms with van der Waals surface area (Å²) in [5.41, 5.74) is 0. The van der Waals surface area contributed by atoms with Crippen LogP contribution in [0.25, 0.3) is 0 Å². The molecule has 0 radical (unpaired) electrons. The smallest absolute Gasteiger partial charge is 0.306 e. The van der Waals surface area contributed by atoms with E-state index in [4.69, 9.17) is 14.2 Å². The van der Waals surface area contributed by atoms with Crippen LogP contribution in [-0.4, -0.2) is 37.2 Å². The largest absolute Gasteiger partial charge is 0.462 e. The Labute approximate surface area is 310 Å². The highest BCUT2D eigenvalue weighted by molar-refractivity contribution is 5.71. The third kappa shape index (κ3) is 36.2. The first-order chi connectivity index (χ1) is 24.3. The molecule has 0 aliphatic heterocycles. The maximum Gasteiger partial charge on any atom is 0.306 e. The van der Waals surface area contributed by atoms with Crippen molar-refractivity contribution in [2.75, 3.05) is 13.2 Å². The van der Waals surface area contributed by atoms with Gasteiger partial charge < -0.3 is 14.2 Å². The first kappa shape index (κ1) is 48.4. The van der Waals surface area contributed by atoms with Crippen LogP contribution in [0.5, 0.6) is 0 Å². The summed E-state index contributed by atoms with van der Waals surface area (Å²) in [5.74, 6) is 0.812. The summed E-state index contributed by atoms with van der Waals surface area (Å²) < 4.78 is 16.6. The van der Waals surface area contributed by atoms with Gasteiger partial charge in [-0.05, 0) is 31.1 Å². The van der Waals surface area contributed by atoms with E-state index in [9.17, 15) is 14.4 Å². The van der Waals surface area contributed by atoms with E-state index < -0.39 is 6.10 Å². The van der Waals surface area contributed by atoms with Crippen molar-refractivity contribution in [2.45, 2.75) is 240 Å². The van der Waals surface area contributed by atoms with Gasteiger partial charge in [-0.25, -0.2) is 0 Å². The summed E-state index contributed by atoms with van der Waals surface area (Å²) >= 11 is 0. The third-order valence-corrected chi connectivity index (χ3v) is 10.1. The average Bonchev–Trinajstić information content (AvgIpc) is 3.09. The Morgan fingerprint density at radius 2 is 0.760 bits per heavy atom. The Hall–Kier alpha value is -1.59. The first-order valence-corrected chi connectivity index (χ1v) is 21.8. The van der Waals surface area contributed by atoms with Gasteiger partial charge >= 0.3 is 17.9 Å². The third-order valence-electron chi connectivity index (χ3n) is 10.1. The van der Waals surface area contributed by atoms with Crippen LogP contribution in [0.1, 0.15) is 234 Å². The van der Waals surface area contributed by atoms with Gasteiger partial charge in [0.2, 0.25) is 0 Å². The molecular formula is C44H84O6. The molecule has 0 saturated heterocycles. The van der Waals surface area contributed by atoms with Crippen LogP contribution in [0.15, 0.2) is 0 Å². The van der Waals surface area contributed by atoms with Crippen molar-refractivity contribution in [1.82, 2.24) is 0 Å². The van der Waals surface area contributed by atoms with Crippen molar-refractivity contribution in [3.05, 3.63) is 0 Å². The summed E-state index contributed by atoms with van der Waals surface area (Å²) in [4.78, 5) is 37.4. The van der Waals surface area contributed by atoms with Gasteiger partial charge in [-0.2, -0.15) is 0 Å². The van der Waals surface area contributed by atoms with Crippen LogP contribution in [0.2, 0.25) is 0 Å². The van der Waals surface area contributed by atoms with Gasteiger partial charge in [0.15, 0.2) is 6.10 Å². The van der Waals surface area contributed by atoms with Crippen LogP contribution in [-0.2, 0) is 28.6 Å². The van der Waals surface area contributed by atoms with Crippen LogP contribution in [0.4, 0.5) is 0 Å². The summed E-state index contributed by atoms with van der Waals surface area (Å²) in [6, 6.07) is 0. The highest BCUT2D eigenvalue weighted by Gasteiger charge is 2.19. The monoisotopic (exact) mass is 709 g/mol. The van der Waals surface area contributed by atoms with E-state index in [1.807, 2.05) is 0 Å². The highest BCUT2D eigenvalue weighted by Crippen LogP contribution is 2.17. The molecule has 50 heavy (non-hydrogen) atoms. The summed E-state index contributed by atoms with van der Waals surface area (Å²) in [6.07, 6.45) is 33.9. The Balaban J connectivity index is 4.22. The van der Waals surface area contributed by atoms with Gasteiger partial charge in [0.25, 0.3) is 0 Å². The molecule has 0 aromatic carbocycles. The zero-order valence-corrected chi connectivity index (χ0v) is 34.0. The molecular weight excluding hydrogens is 624 g/mol. The van der Waals surface area contributed by atoms with Crippen molar-refractivity contribution in [3.63, 3.8) is 0 Å². The Bertz CT molecular complexity index is 766. The van der Waals surface area contributed by atoms with Crippen molar-refractivity contribution in [2.24, 2.45) is 11.8 Å². The fourth-order valence-corrected chi connectivity index (χ4v) is 6.37. The number of hydrogen-bond donors (Lipinski definition) is 0. The second-order valence-electron chi connectivity index (χ2n) is 15.7. The van der Waals surface area contributed by atoms with Gasteiger partial charge in [-0.1, -0.05) is 195 Å². The molecule has 0 aromatic heterocycles. The standard InChI is InChI=1S/C44H84O6/c1-6-8-9-22-29-34-42(45)48-37-41(50-44(47)36-31-26-21-17-12-10-14-18-23-27-32-39(3)4)38-49-43(46)35-30-25-20-16-13-11-15-19-24-28-33-40(5)7-2/h39-41H,6-38H2,1-5H3/t40?,41-/m0/s1. The minimum atomic E-state index is -0.758. The van der Waals surface area contributed by atoms with Crippen molar-refractivity contribution in [3.8, 4) is 0 Å². The lowest BCUT2D eigenvalue weighted by atomic mass is 9.99. The number of carbonyl (C=O) groups excluding carboxylic acids is 3. The van der Waals surface area contributed by atoms with Crippen LogP contribution in [0.3, 0.4) is 0 Å². The first-order valence-electron chi connectivity index (χ1n) is 21.8. The molecule has 0 N–H and O–H groups in total. The van der Waals surface area contributed by atoms with E-state index in [2.05, 4.69) is 34.6 Å². The molecule has 0 aliphatic carbocycles. The molecule has 0 amide bonds. The molecule has 1 unspecified atom stereocenters. The van der Waals surface area contributed by atoms with Crippen molar-refractivity contribution in [1.29, 1.82) is 0 Å². The molecule has 2 atom stereocenters. The molecule has 6 nitrogen and oxygen atoms in total. The second-order valence-corrected chi connectivity index (χ2v) is 15.7. The van der Waals surface area contributed by atoms with Gasteiger partial charge in [0, 0.05) is 19.3 Å². The Kier molecular flexibility index (Phi) is 36.0. The predicted octanol–water partition coefficient (Wildman–Crippen LogP) is 13.4. The van der Waals surface area contributed by atoms with Gasteiger partial charge in [-0.3, -0.25) is 14.4 Å². The van der Waals surface area contributed by atoms with Crippen molar-refractivity contribution < 1.29 is 28.6 Å². The molecule has 0 aromatic rings. The summed E-state index contributed by atoms with van der Waals surface area (Å²) in [5, 5.41) is 0. The lowest BCUT2D eigenvalue weighted by Crippen LogP contribution is -2.30. The van der Waals surface area contributed by atoms with Crippen molar-refractivity contribution >= 4 is 17.9 Å². The van der Waals surface area contributed by atoms with Crippen LogP contribution >= 0.6 is 0 Å². The van der Waals surface area contributed by atoms with E-state index >= 15 is 0 Å². The normalized spacial score (nSPS) is 12.6. The number of carbonyl (C=O) groups is 3. The quantitative estimate of drug-likeness (QED) is 0.0361. The van der Waals surface area contributed by atoms with Gasteiger partial charge in [0.05, 0.1) is 0 Å². The molecule has 0 rings (SSSR count). The maximum absolute atomic E-state index is 12.6. The van der Waals surface area contributed by atoms with Gasteiger partial charge in [-0.15, -0.1) is 0 Å². The Morgan fingerprint density at radius 1 is 0.420 bits per heavy atom. The number of ether oxygens (including phenoxy) is 3. The van der Waals surface area contributed by atoms with Crippen LogP contribution < -0.4 is 0 Å². The summed E-state index contributed by atoms with van der Waals surface area (Å²) in [6.45, 7) is 11.3. The van der Waals surface area contributed by atoms with E-state index in [0.717, 1.165) is 76.0 Å². The van der Waals surface area contributed by atoms with Gasteiger partial charge in [0.1, 0.15) is 13.2 Å².